The van der Waals surface area contributed by atoms with Gasteiger partial charge in [-0.2, -0.15) is 0 Å². The molecule has 0 spiro atoms. The molecule has 0 unspecified atom stereocenters. The second kappa shape index (κ2) is 6.92. The van der Waals surface area contributed by atoms with Crippen LogP contribution in [0.2, 0.25) is 0 Å². The van der Waals surface area contributed by atoms with E-state index in [0.717, 1.165) is 16.5 Å². The van der Waals surface area contributed by atoms with Crippen molar-refractivity contribution >= 4 is 38.1 Å². The molecule has 0 atom stereocenters. The second-order valence-electron chi connectivity index (χ2n) is 5.39. The van der Waals surface area contributed by atoms with Gasteiger partial charge in [-0.3, -0.25) is 5.41 Å². The fourth-order valence-corrected chi connectivity index (χ4v) is 3.28. The second-order valence-corrected chi connectivity index (χ2v) is 7.27. The third-order valence-corrected chi connectivity index (χ3v) is 5.14. The van der Waals surface area contributed by atoms with E-state index < -0.39 is 10.0 Å². The van der Waals surface area contributed by atoms with Gasteiger partial charge in [0.05, 0.1) is 4.90 Å². The highest BCUT2D eigenvalue weighted by Crippen LogP contribution is 2.23. The highest BCUT2D eigenvalue weighted by Gasteiger charge is 2.12. The van der Waals surface area contributed by atoms with Crippen LogP contribution in [0.1, 0.15) is 0 Å². The minimum atomic E-state index is -3.53. The van der Waals surface area contributed by atoms with Crippen LogP contribution in [-0.4, -0.2) is 21.4 Å². The van der Waals surface area contributed by atoms with Gasteiger partial charge in [0.1, 0.15) is 0 Å². The zero-order valence-electron chi connectivity index (χ0n) is 13.6. The Kier molecular flexibility index (Phi) is 4.69. The summed E-state index contributed by atoms with van der Waals surface area (Å²) in [6.07, 6.45) is 0. The van der Waals surface area contributed by atoms with Gasteiger partial charge in [0.25, 0.3) is 0 Å². The molecule has 0 heterocycles. The molecule has 3 aromatic rings. The van der Waals surface area contributed by atoms with Crippen molar-refractivity contribution in [2.24, 2.45) is 0 Å². The SMILES string of the molecule is CNS(=O)(=O)c1cccc(NC(=N)Nc2cccc3ccccc23)c1. The van der Waals surface area contributed by atoms with E-state index in [4.69, 9.17) is 5.41 Å². The summed E-state index contributed by atoms with van der Waals surface area (Å²) in [5.74, 6) is 0.0513. The van der Waals surface area contributed by atoms with Crippen LogP contribution in [0.5, 0.6) is 0 Å². The number of rotatable bonds is 4. The number of benzene rings is 3. The van der Waals surface area contributed by atoms with Crippen molar-refractivity contribution in [1.29, 1.82) is 5.41 Å². The summed E-state index contributed by atoms with van der Waals surface area (Å²) in [4.78, 5) is 0.137. The van der Waals surface area contributed by atoms with Crippen molar-refractivity contribution in [3.63, 3.8) is 0 Å². The minimum Gasteiger partial charge on any atom is -0.326 e. The molecule has 0 aliphatic carbocycles. The molecule has 3 aromatic carbocycles. The lowest BCUT2D eigenvalue weighted by Gasteiger charge is -2.13. The Morgan fingerprint density at radius 2 is 1.64 bits per heavy atom. The fraction of sp³-hybridized carbons (Fsp3) is 0.0556. The molecule has 0 amide bonds. The lowest BCUT2D eigenvalue weighted by Crippen LogP contribution is -2.22. The van der Waals surface area contributed by atoms with Crippen LogP contribution in [-0.2, 0) is 10.0 Å². The number of anilines is 2. The first-order valence-electron chi connectivity index (χ1n) is 7.63. The Morgan fingerprint density at radius 3 is 2.44 bits per heavy atom. The molecule has 0 radical (unpaired) electrons. The van der Waals surface area contributed by atoms with Gasteiger partial charge in [-0.1, -0.05) is 42.5 Å². The molecule has 0 aliphatic rings. The highest BCUT2D eigenvalue weighted by molar-refractivity contribution is 7.89. The first-order valence-corrected chi connectivity index (χ1v) is 9.12. The summed E-state index contributed by atoms with van der Waals surface area (Å²) in [7, 11) is -2.16. The molecule has 0 bridgehead atoms. The van der Waals surface area contributed by atoms with Gasteiger partial charge in [0, 0.05) is 16.8 Å². The zero-order valence-corrected chi connectivity index (χ0v) is 14.4. The van der Waals surface area contributed by atoms with Crippen LogP contribution in [0, 0.1) is 5.41 Å². The van der Waals surface area contributed by atoms with Crippen LogP contribution < -0.4 is 15.4 Å². The summed E-state index contributed by atoms with van der Waals surface area (Å²) in [6, 6.07) is 20.0. The van der Waals surface area contributed by atoms with Gasteiger partial charge in [-0.05, 0) is 36.7 Å². The fourth-order valence-electron chi connectivity index (χ4n) is 2.50. The van der Waals surface area contributed by atoms with Crippen LogP contribution in [0.15, 0.2) is 71.6 Å². The monoisotopic (exact) mass is 354 g/mol. The van der Waals surface area contributed by atoms with Crippen LogP contribution in [0.25, 0.3) is 10.8 Å². The topological polar surface area (TPSA) is 94.1 Å². The van der Waals surface area contributed by atoms with Crippen molar-refractivity contribution in [2.45, 2.75) is 4.90 Å². The van der Waals surface area contributed by atoms with Crippen molar-refractivity contribution in [3.05, 3.63) is 66.7 Å². The Morgan fingerprint density at radius 1 is 0.920 bits per heavy atom. The predicted molar refractivity (Wildman–Crippen MR) is 102 cm³/mol. The molecule has 0 aromatic heterocycles. The molecule has 0 fully saturated rings. The largest absolute Gasteiger partial charge is 0.326 e. The Hall–Kier alpha value is -2.90. The van der Waals surface area contributed by atoms with E-state index in [-0.39, 0.29) is 10.9 Å². The number of guanidine groups is 1. The molecule has 25 heavy (non-hydrogen) atoms. The zero-order chi connectivity index (χ0) is 17.9. The van der Waals surface area contributed by atoms with E-state index in [1.54, 1.807) is 12.1 Å². The molecule has 0 saturated carbocycles. The first-order chi connectivity index (χ1) is 12.0. The van der Waals surface area contributed by atoms with Gasteiger partial charge in [0.2, 0.25) is 10.0 Å². The van der Waals surface area contributed by atoms with Crippen molar-refractivity contribution in [3.8, 4) is 0 Å². The molecular weight excluding hydrogens is 336 g/mol. The number of hydrogen-bond donors (Lipinski definition) is 4. The molecular formula is C18H18N4O2S. The van der Waals surface area contributed by atoms with Crippen LogP contribution in [0.4, 0.5) is 11.4 Å². The molecule has 6 nitrogen and oxygen atoms in total. The van der Waals surface area contributed by atoms with E-state index in [0.29, 0.717) is 5.69 Å². The number of fused-ring (bicyclic) bond motifs is 1. The standard InChI is InChI=1S/C18H18N4O2S/c1-20-25(23,24)15-9-5-8-14(12-15)21-18(19)22-17-11-4-7-13-6-2-3-10-16(13)17/h2-12,20H,1H3,(H3,19,21,22). The summed E-state index contributed by atoms with van der Waals surface area (Å²) < 4.78 is 26.0. The molecule has 7 heteroatoms. The van der Waals surface area contributed by atoms with Gasteiger partial charge < -0.3 is 10.6 Å². The number of hydrogen-bond acceptors (Lipinski definition) is 3. The van der Waals surface area contributed by atoms with E-state index in [1.807, 2.05) is 42.5 Å². The van der Waals surface area contributed by atoms with Crippen LogP contribution >= 0.6 is 0 Å². The Balaban J connectivity index is 1.80. The average Bonchev–Trinajstić information content (AvgIpc) is 2.62. The summed E-state index contributed by atoms with van der Waals surface area (Å²) in [5, 5.41) is 16.1. The summed E-state index contributed by atoms with van der Waals surface area (Å²) >= 11 is 0. The molecule has 4 N–H and O–H groups in total. The van der Waals surface area contributed by atoms with Gasteiger partial charge in [-0.25, -0.2) is 13.1 Å². The smallest absolute Gasteiger partial charge is 0.240 e. The van der Waals surface area contributed by atoms with E-state index in [1.165, 1.54) is 19.2 Å². The van der Waals surface area contributed by atoms with E-state index in [9.17, 15) is 8.42 Å². The Labute approximate surface area is 146 Å². The first kappa shape index (κ1) is 16.9. The van der Waals surface area contributed by atoms with Gasteiger partial charge in [-0.15, -0.1) is 0 Å². The molecule has 0 aliphatic heterocycles. The van der Waals surface area contributed by atoms with Crippen molar-refractivity contribution < 1.29 is 8.42 Å². The minimum absolute atomic E-state index is 0.0513. The van der Waals surface area contributed by atoms with Crippen molar-refractivity contribution in [2.75, 3.05) is 17.7 Å². The summed E-state index contributed by atoms with van der Waals surface area (Å²) in [5.41, 5.74) is 1.31. The summed E-state index contributed by atoms with van der Waals surface area (Å²) in [6.45, 7) is 0. The van der Waals surface area contributed by atoms with Gasteiger partial charge >= 0.3 is 0 Å². The van der Waals surface area contributed by atoms with Crippen LogP contribution in [0.3, 0.4) is 0 Å². The third-order valence-electron chi connectivity index (χ3n) is 3.73. The quantitative estimate of drug-likeness (QED) is 0.427. The van der Waals surface area contributed by atoms with Crippen molar-refractivity contribution in [1.82, 2.24) is 4.72 Å². The average molecular weight is 354 g/mol. The number of sulfonamides is 1. The van der Waals surface area contributed by atoms with E-state index in [2.05, 4.69) is 15.4 Å². The predicted octanol–water partition coefficient (Wildman–Crippen LogP) is 3.21. The third kappa shape index (κ3) is 3.78. The lowest BCUT2D eigenvalue weighted by molar-refractivity contribution is 0.588. The lowest BCUT2D eigenvalue weighted by atomic mass is 10.1. The molecule has 0 saturated heterocycles. The highest BCUT2D eigenvalue weighted by atomic mass is 32.2. The maximum absolute atomic E-state index is 11.9. The number of nitrogens with one attached hydrogen (secondary N) is 4. The Bertz CT molecular complexity index is 1030. The maximum Gasteiger partial charge on any atom is 0.240 e. The normalized spacial score (nSPS) is 11.2. The molecule has 3 rings (SSSR count). The maximum atomic E-state index is 11.9. The molecule has 128 valence electrons. The van der Waals surface area contributed by atoms with E-state index >= 15 is 0 Å². The van der Waals surface area contributed by atoms with Gasteiger partial charge in [0.15, 0.2) is 5.96 Å².